The first-order valence-corrected chi connectivity index (χ1v) is 9.43. The fourth-order valence-electron chi connectivity index (χ4n) is 2.42. The predicted molar refractivity (Wildman–Crippen MR) is 105 cm³/mol. The fourth-order valence-corrected chi connectivity index (χ4v) is 3.28. The van der Waals surface area contributed by atoms with E-state index in [4.69, 9.17) is 0 Å². The van der Waals surface area contributed by atoms with Crippen LogP contribution in [0.3, 0.4) is 0 Å². The fraction of sp³-hybridized carbons (Fsp3) is 0.333. The molecular weight excluding hydrogens is 346 g/mol. The average molecular weight is 369 g/mol. The van der Waals surface area contributed by atoms with E-state index in [0.29, 0.717) is 6.54 Å². The molecule has 0 aliphatic carbocycles. The minimum Gasteiger partial charge on any atom is -0.356 e. The first-order chi connectivity index (χ1) is 12.8. The number of aliphatic imine (C=N–C) groups is 1. The SMILES string of the molecule is CCc1cnc(CCNC(=NC)NCc2ccnc(-n3cccn3)c2)s1. The Morgan fingerprint density at radius 1 is 1.27 bits per heavy atom. The van der Waals surface area contributed by atoms with Crippen molar-refractivity contribution in [2.45, 2.75) is 26.3 Å². The van der Waals surface area contributed by atoms with Crippen molar-refractivity contribution in [3.05, 3.63) is 58.4 Å². The number of nitrogens with zero attached hydrogens (tertiary/aromatic N) is 5. The Morgan fingerprint density at radius 2 is 2.19 bits per heavy atom. The molecule has 0 fully saturated rings. The smallest absolute Gasteiger partial charge is 0.191 e. The lowest BCUT2D eigenvalue weighted by Crippen LogP contribution is -2.37. The molecule has 0 bridgehead atoms. The van der Waals surface area contributed by atoms with Crippen LogP contribution in [-0.2, 0) is 19.4 Å². The highest BCUT2D eigenvalue weighted by molar-refractivity contribution is 7.11. The van der Waals surface area contributed by atoms with E-state index in [1.54, 1.807) is 35.5 Å². The molecule has 0 amide bonds. The number of nitrogens with one attached hydrogen (secondary N) is 2. The van der Waals surface area contributed by atoms with Gasteiger partial charge in [-0.05, 0) is 30.2 Å². The van der Waals surface area contributed by atoms with E-state index in [1.165, 1.54) is 4.88 Å². The maximum atomic E-state index is 4.44. The Balaban J connectivity index is 1.49. The zero-order valence-corrected chi connectivity index (χ0v) is 15.8. The molecule has 0 saturated carbocycles. The molecule has 3 rings (SSSR count). The van der Waals surface area contributed by atoms with Gasteiger partial charge >= 0.3 is 0 Å². The van der Waals surface area contributed by atoms with Gasteiger partial charge < -0.3 is 10.6 Å². The number of guanidine groups is 1. The molecule has 0 spiro atoms. The molecule has 0 radical (unpaired) electrons. The molecule has 3 aromatic rings. The Labute approximate surface area is 157 Å². The third kappa shape index (κ3) is 4.89. The van der Waals surface area contributed by atoms with Gasteiger partial charge in [0, 0.05) is 56.2 Å². The number of rotatable bonds is 7. The van der Waals surface area contributed by atoms with Crippen LogP contribution < -0.4 is 10.6 Å². The highest BCUT2D eigenvalue weighted by Crippen LogP contribution is 2.13. The van der Waals surface area contributed by atoms with E-state index in [9.17, 15) is 0 Å². The third-order valence-corrected chi connectivity index (χ3v) is 5.02. The van der Waals surface area contributed by atoms with Gasteiger partial charge in [0.25, 0.3) is 0 Å². The minimum absolute atomic E-state index is 0.660. The molecule has 3 heterocycles. The molecule has 0 aliphatic rings. The lowest BCUT2D eigenvalue weighted by Gasteiger charge is -2.12. The number of aryl methyl sites for hydroxylation is 1. The molecule has 8 heteroatoms. The number of hydrogen-bond acceptors (Lipinski definition) is 5. The van der Waals surface area contributed by atoms with E-state index in [0.717, 1.165) is 41.7 Å². The monoisotopic (exact) mass is 369 g/mol. The van der Waals surface area contributed by atoms with Crippen LogP contribution in [0, 0.1) is 0 Å². The van der Waals surface area contributed by atoms with Gasteiger partial charge in [-0.25, -0.2) is 14.6 Å². The molecule has 2 N–H and O–H groups in total. The van der Waals surface area contributed by atoms with Crippen molar-refractivity contribution in [3.63, 3.8) is 0 Å². The van der Waals surface area contributed by atoms with Crippen molar-refractivity contribution in [1.29, 1.82) is 0 Å². The number of hydrogen-bond donors (Lipinski definition) is 2. The summed E-state index contributed by atoms with van der Waals surface area (Å²) in [6.07, 6.45) is 9.31. The van der Waals surface area contributed by atoms with Crippen LogP contribution in [0.2, 0.25) is 0 Å². The average Bonchev–Trinajstić information content (AvgIpc) is 3.36. The Hall–Kier alpha value is -2.74. The van der Waals surface area contributed by atoms with E-state index in [1.807, 2.05) is 30.6 Å². The molecule has 0 unspecified atom stereocenters. The van der Waals surface area contributed by atoms with Crippen molar-refractivity contribution in [2.75, 3.05) is 13.6 Å². The molecule has 0 atom stereocenters. The summed E-state index contributed by atoms with van der Waals surface area (Å²) in [5, 5.41) is 12.0. The van der Waals surface area contributed by atoms with Crippen LogP contribution in [0.1, 0.15) is 22.4 Å². The van der Waals surface area contributed by atoms with Crippen LogP contribution >= 0.6 is 11.3 Å². The Kier molecular flexibility index (Phi) is 6.32. The second-order valence-electron chi connectivity index (χ2n) is 5.65. The molecule has 0 saturated heterocycles. The highest BCUT2D eigenvalue weighted by Gasteiger charge is 2.04. The second-order valence-corrected chi connectivity index (χ2v) is 6.85. The van der Waals surface area contributed by atoms with E-state index >= 15 is 0 Å². The van der Waals surface area contributed by atoms with Crippen molar-refractivity contribution >= 4 is 17.3 Å². The van der Waals surface area contributed by atoms with Gasteiger partial charge in [-0.2, -0.15) is 5.10 Å². The van der Waals surface area contributed by atoms with Gasteiger partial charge in [-0.1, -0.05) is 6.92 Å². The van der Waals surface area contributed by atoms with E-state index < -0.39 is 0 Å². The van der Waals surface area contributed by atoms with Crippen molar-refractivity contribution in [1.82, 2.24) is 30.4 Å². The van der Waals surface area contributed by atoms with Crippen LogP contribution in [0.15, 0.2) is 48.0 Å². The second kappa shape index (κ2) is 9.10. The van der Waals surface area contributed by atoms with Gasteiger partial charge in [-0.3, -0.25) is 4.99 Å². The van der Waals surface area contributed by atoms with Crippen molar-refractivity contribution in [2.24, 2.45) is 4.99 Å². The van der Waals surface area contributed by atoms with Crippen LogP contribution in [0.5, 0.6) is 0 Å². The predicted octanol–water partition coefficient (Wildman–Crippen LogP) is 2.19. The molecule has 7 nitrogen and oxygen atoms in total. The van der Waals surface area contributed by atoms with Crippen LogP contribution in [-0.4, -0.2) is 39.3 Å². The van der Waals surface area contributed by atoms with Crippen molar-refractivity contribution in [3.8, 4) is 5.82 Å². The molecule has 136 valence electrons. The standard InChI is InChI=1S/C18H23N7S/c1-3-15-13-22-17(26-15)6-9-21-18(19-2)23-12-14-5-8-20-16(11-14)25-10-4-7-24-25/h4-5,7-8,10-11,13H,3,6,9,12H2,1-2H3,(H2,19,21,23). The maximum Gasteiger partial charge on any atom is 0.191 e. The molecule has 26 heavy (non-hydrogen) atoms. The molecule has 3 aromatic heterocycles. The van der Waals surface area contributed by atoms with Gasteiger partial charge in [0.15, 0.2) is 11.8 Å². The minimum atomic E-state index is 0.660. The van der Waals surface area contributed by atoms with Gasteiger partial charge in [0.2, 0.25) is 0 Å². The summed E-state index contributed by atoms with van der Waals surface area (Å²) in [5.74, 6) is 1.57. The third-order valence-electron chi connectivity index (χ3n) is 3.81. The van der Waals surface area contributed by atoms with Crippen molar-refractivity contribution < 1.29 is 0 Å². The van der Waals surface area contributed by atoms with E-state index in [-0.39, 0.29) is 0 Å². The number of pyridine rings is 1. The molecule has 0 aromatic carbocycles. The first-order valence-electron chi connectivity index (χ1n) is 8.61. The number of thiazole rings is 1. The van der Waals surface area contributed by atoms with E-state index in [2.05, 4.69) is 37.6 Å². The zero-order chi connectivity index (χ0) is 18.2. The summed E-state index contributed by atoms with van der Waals surface area (Å²) in [4.78, 5) is 14.4. The Bertz CT molecular complexity index is 839. The topological polar surface area (TPSA) is 80.0 Å². The summed E-state index contributed by atoms with van der Waals surface area (Å²) in [7, 11) is 1.77. The number of aromatic nitrogens is 4. The lowest BCUT2D eigenvalue weighted by atomic mass is 10.2. The first kappa shape index (κ1) is 18.1. The van der Waals surface area contributed by atoms with Crippen LogP contribution in [0.25, 0.3) is 5.82 Å². The van der Waals surface area contributed by atoms with Gasteiger partial charge in [0.1, 0.15) is 0 Å². The summed E-state index contributed by atoms with van der Waals surface area (Å²) >= 11 is 1.78. The summed E-state index contributed by atoms with van der Waals surface area (Å²) in [6.45, 7) is 3.61. The normalized spacial score (nSPS) is 11.5. The maximum absolute atomic E-state index is 4.44. The highest BCUT2D eigenvalue weighted by atomic mass is 32.1. The van der Waals surface area contributed by atoms with Gasteiger partial charge in [-0.15, -0.1) is 11.3 Å². The summed E-state index contributed by atoms with van der Waals surface area (Å²) in [5.41, 5.74) is 1.11. The summed E-state index contributed by atoms with van der Waals surface area (Å²) in [6, 6.07) is 5.87. The molecule has 0 aliphatic heterocycles. The quantitative estimate of drug-likeness (QED) is 0.493. The molecular formula is C18H23N7S. The largest absolute Gasteiger partial charge is 0.356 e. The lowest BCUT2D eigenvalue weighted by molar-refractivity contribution is 0.787. The van der Waals surface area contributed by atoms with Gasteiger partial charge in [0.05, 0.1) is 5.01 Å². The van der Waals surface area contributed by atoms with Crippen LogP contribution in [0.4, 0.5) is 0 Å². The zero-order valence-electron chi connectivity index (χ0n) is 15.0. The summed E-state index contributed by atoms with van der Waals surface area (Å²) < 4.78 is 1.75. The Morgan fingerprint density at radius 3 is 2.92 bits per heavy atom.